The summed E-state index contributed by atoms with van der Waals surface area (Å²) in [6, 6.07) is 12.5. The van der Waals surface area contributed by atoms with E-state index in [1.807, 2.05) is 31.6 Å². The lowest BCUT2D eigenvalue weighted by atomic mass is 10.1. The number of nitrogens with zero attached hydrogens (tertiary/aromatic N) is 4. The predicted molar refractivity (Wildman–Crippen MR) is 91.6 cm³/mol. The Bertz CT molecular complexity index is 801. The third-order valence-electron chi connectivity index (χ3n) is 3.88. The van der Waals surface area contributed by atoms with E-state index in [9.17, 15) is 0 Å². The molecule has 4 nitrogen and oxygen atoms in total. The van der Waals surface area contributed by atoms with E-state index >= 15 is 0 Å². The second kappa shape index (κ2) is 5.44. The zero-order chi connectivity index (χ0) is 15.9. The lowest BCUT2D eigenvalue weighted by molar-refractivity contribution is 0.799. The van der Waals surface area contributed by atoms with Crippen molar-refractivity contribution in [1.82, 2.24) is 14.6 Å². The van der Waals surface area contributed by atoms with Gasteiger partial charge in [0.1, 0.15) is 5.82 Å². The normalized spacial score (nSPS) is 11.4. The summed E-state index contributed by atoms with van der Waals surface area (Å²) in [7, 11) is 4.08. The Kier molecular flexibility index (Phi) is 3.61. The van der Waals surface area contributed by atoms with E-state index in [0.29, 0.717) is 5.92 Å². The molecule has 0 saturated carbocycles. The first-order chi connectivity index (χ1) is 10.5. The highest BCUT2D eigenvalue weighted by Crippen LogP contribution is 2.30. The summed E-state index contributed by atoms with van der Waals surface area (Å²) in [5, 5.41) is 4.72. The van der Waals surface area contributed by atoms with Crippen LogP contribution >= 0.6 is 0 Å². The monoisotopic (exact) mass is 294 g/mol. The molecule has 0 fully saturated rings. The van der Waals surface area contributed by atoms with Crippen molar-refractivity contribution in [3.63, 3.8) is 0 Å². The third kappa shape index (κ3) is 2.34. The Morgan fingerprint density at radius 2 is 1.77 bits per heavy atom. The molecule has 114 valence electrons. The van der Waals surface area contributed by atoms with Gasteiger partial charge in [-0.25, -0.2) is 4.98 Å². The van der Waals surface area contributed by atoms with Crippen LogP contribution in [0, 0.1) is 6.92 Å². The molecule has 0 spiro atoms. The molecule has 0 saturated heterocycles. The smallest absolute Gasteiger partial charge is 0.165 e. The Balaban J connectivity index is 2.37. The van der Waals surface area contributed by atoms with E-state index in [1.54, 1.807) is 0 Å². The third-order valence-corrected chi connectivity index (χ3v) is 3.88. The molecule has 4 heteroatoms. The van der Waals surface area contributed by atoms with Gasteiger partial charge in [-0.2, -0.15) is 9.61 Å². The topological polar surface area (TPSA) is 33.4 Å². The molecule has 0 aliphatic carbocycles. The second-order valence-electron chi connectivity index (χ2n) is 6.15. The van der Waals surface area contributed by atoms with Crippen LogP contribution in [0.15, 0.2) is 36.4 Å². The first-order valence-corrected chi connectivity index (χ1v) is 7.62. The van der Waals surface area contributed by atoms with E-state index in [2.05, 4.69) is 49.1 Å². The molecule has 0 aliphatic heterocycles. The van der Waals surface area contributed by atoms with Crippen molar-refractivity contribution in [2.24, 2.45) is 0 Å². The van der Waals surface area contributed by atoms with Crippen molar-refractivity contribution in [1.29, 1.82) is 0 Å². The molecule has 2 heterocycles. The van der Waals surface area contributed by atoms with E-state index < -0.39 is 0 Å². The number of benzene rings is 1. The van der Waals surface area contributed by atoms with Crippen molar-refractivity contribution in [3.05, 3.63) is 47.8 Å². The Hall–Kier alpha value is -2.36. The Morgan fingerprint density at radius 3 is 2.36 bits per heavy atom. The number of rotatable bonds is 3. The van der Waals surface area contributed by atoms with Crippen molar-refractivity contribution >= 4 is 11.5 Å². The SMILES string of the molecule is Cc1nn2c(N(C)C)cc(C(C)C)nc2c1-c1ccccc1. The van der Waals surface area contributed by atoms with Crippen LogP contribution in [-0.4, -0.2) is 28.7 Å². The molecule has 0 bridgehead atoms. The Labute approximate surface area is 131 Å². The first kappa shape index (κ1) is 14.6. The van der Waals surface area contributed by atoms with Gasteiger partial charge < -0.3 is 4.90 Å². The molecule has 0 radical (unpaired) electrons. The van der Waals surface area contributed by atoms with Gasteiger partial charge >= 0.3 is 0 Å². The average molecular weight is 294 g/mol. The van der Waals surface area contributed by atoms with Crippen LogP contribution in [0.2, 0.25) is 0 Å². The molecule has 1 aromatic carbocycles. The molecule has 2 aromatic heterocycles. The van der Waals surface area contributed by atoms with Crippen molar-refractivity contribution in [2.45, 2.75) is 26.7 Å². The number of aryl methyl sites for hydroxylation is 1. The molecule has 0 amide bonds. The minimum Gasteiger partial charge on any atom is -0.363 e. The maximum absolute atomic E-state index is 4.89. The van der Waals surface area contributed by atoms with Gasteiger partial charge in [0.05, 0.1) is 5.69 Å². The van der Waals surface area contributed by atoms with Gasteiger partial charge in [-0.1, -0.05) is 44.2 Å². The van der Waals surface area contributed by atoms with Crippen molar-refractivity contribution in [3.8, 4) is 11.1 Å². The molecule has 0 N–H and O–H groups in total. The van der Waals surface area contributed by atoms with Crippen molar-refractivity contribution in [2.75, 3.05) is 19.0 Å². The van der Waals surface area contributed by atoms with Crippen LogP contribution in [-0.2, 0) is 0 Å². The van der Waals surface area contributed by atoms with Gasteiger partial charge in [-0.3, -0.25) is 0 Å². The number of anilines is 1. The van der Waals surface area contributed by atoms with Crippen LogP contribution < -0.4 is 4.90 Å². The van der Waals surface area contributed by atoms with Crippen LogP contribution in [0.4, 0.5) is 5.82 Å². The van der Waals surface area contributed by atoms with Crippen LogP contribution in [0.5, 0.6) is 0 Å². The average Bonchev–Trinajstić information content (AvgIpc) is 2.82. The number of fused-ring (bicyclic) bond motifs is 1. The first-order valence-electron chi connectivity index (χ1n) is 7.62. The van der Waals surface area contributed by atoms with Crippen molar-refractivity contribution < 1.29 is 0 Å². The lowest BCUT2D eigenvalue weighted by Crippen LogP contribution is -2.15. The van der Waals surface area contributed by atoms with Crippen LogP contribution in [0.25, 0.3) is 16.8 Å². The zero-order valence-corrected chi connectivity index (χ0v) is 13.8. The summed E-state index contributed by atoms with van der Waals surface area (Å²) in [6.07, 6.45) is 0. The fourth-order valence-corrected chi connectivity index (χ4v) is 2.68. The molecule has 0 atom stereocenters. The lowest BCUT2D eigenvalue weighted by Gasteiger charge is -2.16. The summed E-state index contributed by atoms with van der Waals surface area (Å²) in [6.45, 7) is 6.39. The van der Waals surface area contributed by atoms with Crippen LogP contribution in [0.3, 0.4) is 0 Å². The van der Waals surface area contributed by atoms with E-state index in [1.165, 1.54) is 0 Å². The summed E-state index contributed by atoms with van der Waals surface area (Å²) >= 11 is 0. The fourth-order valence-electron chi connectivity index (χ4n) is 2.68. The van der Waals surface area contributed by atoms with Gasteiger partial charge in [0.15, 0.2) is 5.65 Å². The second-order valence-corrected chi connectivity index (χ2v) is 6.15. The molecule has 3 aromatic rings. The maximum atomic E-state index is 4.89. The zero-order valence-electron chi connectivity index (χ0n) is 13.8. The molecular formula is C18H22N4. The standard InChI is InChI=1S/C18H22N4/c1-12(2)15-11-16(21(4)5)22-18(19-15)17(13(3)20-22)14-9-7-6-8-10-14/h6-12H,1-5H3. The van der Waals surface area contributed by atoms with E-state index in [0.717, 1.165) is 34.0 Å². The molecule has 3 rings (SSSR count). The highest BCUT2D eigenvalue weighted by atomic mass is 15.3. The molecule has 0 aliphatic rings. The van der Waals surface area contributed by atoms with Gasteiger partial charge in [-0.05, 0) is 18.4 Å². The quantitative estimate of drug-likeness (QED) is 0.734. The van der Waals surface area contributed by atoms with E-state index in [-0.39, 0.29) is 0 Å². The summed E-state index contributed by atoms with van der Waals surface area (Å²) in [5.74, 6) is 1.43. The minimum atomic E-state index is 0.377. The number of hydrogen-bond acceptors (Lipinski definition) is 3. The van der Waals surface area contributed by atoms with Gasteiger partial charge in [0, 0.05) is 31.4 Å². The molecular weight excluding hydrogens is 272 g/mol. The number of aromatic nitrogens is 3. The maximum Gasteiger partial charge on any atom is 0.165 e. The summed E-state index contributed by atoms with van der Waals surface area (Å²) in [4.78, 5) is 6.97. The summed E-state index contributed by atoms with van der Waals surface area (Å²) in [5.41, 5.74) is 5.30. The Morgan fingerprint density at radius 1 is 1.09 bits per heavy atom. The summed E-state index contributed by atoms with van der Waals surface area (Å²) < 4.78 is 1.95. The minimum absolute atomic E-state index is 0.377. The fraction of sp³-hybridized carbons (Fsp3) is 0.333. The van der Waals surface area contributed by atoms with Gasteiger partial charge in [0.25, 0.3) is 0 Å². The van der Waals surface area contributed by atoms with Crippen LogP contribution in [0.1, 0.15) is 31.2 Å². The van der Waals surface area contributed by atoms with Gasteiger partial charge in [0.2, 0.25) is 0 Å². The predicted octanol–water partition coefficient (Wildman–Crippen LogP) is 3.89. The molecule has 0 unspecified atom stereocenters. The van der Waals surface area contributed by atoms with Gasteiger partial charge in [-0.15, -0.1) is 0 Å². The largest absolute Gasteiger partial charge is 0.363 e. The highest BCUT2D eigenvalue weighted by molar-refractivity contribution is 5.81. The molecule has 22 heavy (non-hydrogen) atoms. The van der Waals surface area contributed by atoms with E-state index in [4.69, 9.17) is 10.1 Å². The number of hydrogen-bond donors (Lipinski definition) is 0. The highest BCUT2D eigenvalue weighted by Gasteiger charge is 2.18.